The third-order valence-electron chi connectivity index (χ3n) is 4.04. The van der Waals surface area contributed by atoms with E-state index in [1.807, 2.05) is 13.8 Å². The van der Waals surface area contributed by atoms with Crippen LogP contribution in [0.25, 0.3) is 0 Å². The van der Waals surface area contributed by atoms with Gasteiger partial charge in [0.2, 0.25) is 0 Å². The van der Waals surface area contributed by atoms with Crippen molar-refractivity contribution in [3.8, 4) is 11.8 Å². The van der Waals surface area contributed by atoms with Crippen LogP contribution in [0.4, 0.5) is 13.2 Å². The van der Waals surface area contributed by atoms with E-state index in [9.17, 15) is 18.0 Å². The molecule has 1 aromatic rings. The predicted molar refractivity (Wildman–Crippen MR) is 102 cm³/mol. The second kappa shape index (κ2) is 7.78. The minimum absolute atomic E-state index is 0.0343. The van der Waals surface area contributed by atoms with Crippen molar-refractivity contribution in [2.24, 2.45) is 11.3 Å². The van der Waals surface area contributed by atoms with E-state index < -0.39 is 23.1 Å². The molecule has 0 bridgehead atoms. The topological polar surface area (TPSA) is 17.1 Å². The maximum absolute atomic E-state index is 12.9. The molecule has 1 aromatic carbocycles. The van der Waals surface area contributed by atoms with E-state index in [1.54, 1.807) is 44.2 Å². The highest BCUT2D eigenvalue weighted by molar-refractivity contribution is 6.32. The molecule has 0 aliphatic heterocycles. The number of Topliss-reactive ketones (excluding diaryl/α,β-unsaturated/α-hetero) is 1. The van der Waals surface area contributed by atoms with Crippen molar-refractivity contribution in [3.63, 3.8) is 0 Å². The summed E-state index contributed by atoms with van der Waals surface area (Å²) in [6.07, 6.45) is 2.38. The van der Waals surface area contributed by atoms with Gasteiger partial charge in [0.25, 0.3) is 0 Å². The lowest BCUT2D eigenvalue weighted by molar-refractivity contribution is -0.137. The number of aryl methyl sites for hydroxylation is 1. The van der Waals surface area contributed by atoms with Crippen LogP contribution in [-0.2, 0) is 11.0 Å². The maximum Gasteiger partial charge on any atom is 0.416 e. The molecule has 0 spiro atoms. The van der Waals surface area contributed by atoms with Crippen LogP contribution in [0.15, 0.2) is 53.1 Å². The van der Waals surface area contributed by atoms with Gasteiger partial charge in [0.1, 0.15) is 0 Å². The molecule has 1 atom stereocenters. The largest absolute Gasteiger partial charge is 0.416 e. The monoisotopic (exact) mass is 392 g/mol. The smallest absolute Gasteiger partial charge is 0.294 e. The Bertz CT molecular complexity index is 906. The Labute approximate surface area is 162 Å². The molecule has 1 aliphatic rings. The fourth-order valence-corrected chi connectivity index (χ4v) is 2.92. The van der Waals surface area contributed by atoms with Crippen LogP contribution in [0.1, 0.15) is 37.5 Å². The molecule has 0 radical (unpaired) electrons. The molecule has 0 saturated heterocycles. The van der Waals surface area contributed by atoms with Gasteiger partial charge in [-0.3, -0.25) is 4.79 Å². The van der Waals surface area contributed by atoms with Gasteiger partial charge in [0.15, 0.2) is 5.78 Å². The number of hydrogen-bond donors (Lipinski definition) is 0. The predicted octanol–water partition coefficient (Wildman–Crippen LogP) is 6.22. The van der Waals surface area contributed by atoms with E-state index in [4.69, 9.17) is 11.6 Å². The van der Waals surface area contributed by atoms with Crippen molar-refractivity contribution in [1.29, 1.82) is 0 Å². The average molecular weight is 393 g/mol. The average Bonchev–Trinajstić information content (AvgIpc) is 2.54. The fraction of sp³-hybridized carbons (Fsp3) is 0.318. The Balaban J connectivity index is 2.24. The third-order valence-corrected chi connectivity index (χ3v) is 4.27. The number of carbonyl (C=O) groups excluding carboxylic acids is 1. The Morgan fingerprint density at radius 2 is 1.81 bits per heavy atom. The van der Waals surface area contributed by atoms with Crippen LogP contribution in [0.5, 0.6) is 0 Å². The molecule has 0 aromatic heterocycles. The van der Waals surface area contributed by atoms with Crippen LogP contribution >= 0.6 is 11.6 Å². The van der Waals surface area contributed by atoms with Gasteiger partial charge in [-0.05, 0) is 63.1 Å². The molecule has 2 rings (SSSR count). The molecule has 1 unspecified atom stereocenters. The lowest BCUT2D eigenvalue weighted by atomic mass is 9.88. The summed E-state index contributed by atoms with van der Waals surface area (Å²) in [7, 11) is 0. The molecular formula is C22H20ClF3O. The lowest BCUT2D eigenvalue weighted by Gasteiger charge is -2.16. The highest BCUT2D eigenvalue weighted by Gasteiger charge is 2.30. The van der Waals surface area contributed by atoms with Crippen LogP contribution in [0.3, 0.4) is 0 Å². The third kappa shape index (κ3) is 5.87. The number of ketones is 1. The molecule has 0 fully saturated rings. The van der Waals surface area contributed by atoms with Crippen LogP contribution in [0, 0.1) is 30.1 Å². The van der Waals surface area contributed by atoms with Crippen molar-refractivity contribution in [1.82, 2.24) is 0 Å². The summed E-state index contributed by atoms with van der Waals surface area (Å²) in [5.74, 6) is 5.30. The molecule has 0 N–H and O–H groups in total. The number of allylic oxidation sites excluding steroid dienone is 6. The van der Waals surface area contributed by atoms with E-state index in [1.165, 1.54) is 0 Å². The second-order valence-corrected chi connectivity index (χ2v) is 7.62. The van der Waals surface area contributed by atoms with Gasteiger partial charge < -0.3 is 0 Å². The number of carbonyl (C=O) groups is 1. The summed E-state index contributed by atoms with van der Waals surface area (Å²) in [4.78, 5) is 12.2. The molecule has 1 nitrogen and oxygen atoms in total. The van der Waals surface area contributed by atoms with Gasteiger partial charge >= 0.3 is 6.18 Å². The van der Waals surface area contributed by atoms with Gasteiger partial charge in [-0.2, -0.15) is 13.2 Å². The summed E-state index contributed by atoms with van der Waals surface area (Å²) in [5.41, 5.74) is 0.0460. The molecule has 1 aliphatic carbocycles. The quantitative estimate of drug-likeness (QED) is 0.431. The minimum atomic E-state index is -4.41. The number of rotatable bonds is 2. The van der Waals surface area contributed by atoms with E-state index in [0.717, 1.165) is 12.1 Å². The summed E-state index contributed by atoms with van der Waals surface area (Å²) in [5, 5.41) is 0.505. The first-order valence-electron chi connectivity index (χ1n) is 8.39. The van der Waals surface area contributed by atoms with Crippen molar-refractivity contribution < 1.29 is 18.0 Å². The SMILES string of the molecule is CC1=CC(Cl)=CC(/C=C/C(C)(C)C#Cc2cc(C)cc(C(F)(F)F)c2)C1=O. The maximum atomic E-state index is 12.9. The van der Waals surface area contributed by atoms with Gasteiger partial charge in [-0.1, -0.05) is 41.7 Å². The standard InChI is InChI=1S/C22H20ClF3O/c1-14-9-16(12-18(10-14)22(24,25)26)5-7-21(3,4)8-6-17-13-19(23)11-15(2)20(17)27/h6,8-13,17H,1-4H3/b8-6+. The summed E-state index contributed by atoms with van der Waals surface area (Å²) >= 11 is 6.01. The van der Waals surface area contributed by atoms with Crippen LogP contribution in [-0.4, -0.2) is 5.78 Å². The Hall–Kier alpha value is -2.25. The van der Waals surface area contributed by atoms with Crippen molar-refractivity contribution in [3.05, 3.63) is 69.8 Å². The number of benzene rings is 1. The van der Waals surface area contributed by atoms with Crippen molar-refractivity contribution >= 4 is 17.4 Å². The molecule has 0 heterocycles. The molecule has 27 heavy (non-hydrogen) atoms. The van der Waals surface area contributed by atoms with Crippen LogP contribution in [0.2, 0.25) is 0 Å². The molecule has 142 valence electrons. The van der Waals surface area contributed by atoms with Gasteiger partial charge in [-0.25, -0.2) is 0 Å². The Morgan fingerprint density at radius 3 is 2.44 bits per heavy atom. The van der Waals surface area contributed by atoms with E-state index in [2.05, 4.69) is 11.8 Å². The Kier molecular flexibility index (Phi) is 6.07. The van der Waals surface area contributed by atoms with E-state index in [-0.39, 0.29) is 5.78 Å². The van der Waals surface area contributed by atoms with Crippen molar-refractivity contribution in [2.75, 3.05) is 0 Å². The van der Waals surface area contributed by atoms with Crippen molar-refractivity contribution in [2.45, 2.75) is 33.9 Å². The Morgan fingerprint density at radius 1 is 1.15 bits per heavy atom. The summed E-state index contributed by atoms with van der Waals surface area (Å²) < 4.78 is 38.8. The normalized spacial score (nSPS) is 18.1. The zero-order chi connectivity index (χ0) is 20.4. The molecule has 0 saturated carbocycles. The summed E-state index contributed by atoms with van der Waals surface area (Å²) in [6, 6.07) is 3.75. The van der Waals surface area contributed by atoms with Gasteiger partial charge in [0, 0.05) is 16.0 Å². The minimum Gasteiger partial charge on any atom is -0.294 e. The molecular weight excluding hydrogens is 373 g/mol. The van der Waals surface area contributed by atoms with Gasteiger partial charge in [-0.15, -0.1) is 0 Å². The highest BCUT2D eigenvalue weighted by atomic mass is 35.5. The number of alkyl halides is 3. The zero-order valence-electron chi connectivity index (χ0n) is 15.5. The number of hydrogen-bond acceptors (Lipinski definition) is 1. The van der Waals surface area contributed by atoms with E-state index in [0.29, 0.717) is 21.7 Å². The molecule has 5 heteroatoms. The fourth-order valence-electron chi connectivity index (χ4n) is 2.62. The second-order valence-electron chi connectivity index (χ2n) is 7.19. The lowest BCUT2D eigenvalue weighted by Crippen LogP contribution is -2.15. The van der Waals surface area contributed by atoms with Crippen LogP contribution < -0.4 is 0 Å². The first-order chi connectivity index (χ1) is 12.4. The molecule has 0 amide bonds. The first kappa shape index (κ1) is 21.1. The zero-order valence-corrected chi connectivity index (χ0v) is 16.3. The summed E-state index contributed by atoms with van der Waals surface area (Å²) in [6.45, 7) is 6.97. The van der Waals surface area contributed by atoms with Gasteiger partial charge in [0.05, 0.1) is 11.5 Å². The van der Waals surface area contributed by atoms with E-state index >= 15 is 0 Å². The first-order valence-corrected chi connectivity index (χ1v) is 8.76. The highest BCUT2D eigenvalue weighted by Crippen LogP contribution is 2.30. The number of halogens is 4.